The summed E-state index contributed by atoms with van der Waals surface area (Å²) >= 11 is 0. The molecular formula is C24H27N3O3. The summed E-state index contributed by atoms with van der Waals surface area (Å²) in [5, 5.41) is 3.55. The van der Waals surface area contributed by atoms with Crippen LogP contribution in [0.25, 0.3) is 10.9 Å². The minimum Gasteiger partial charge on any atom is -0.339 e. The van der Waals surface area contributed by atoms with Gasteiger partial charge in [-0.15, -0.1) is 0 Å². The zero-order valence-electron chi connectivity index (χ0n) is 17.9. The number of anilines is 1. The molecule has 3 rings (SSSR count). The van der Waals surface area contributed by atoms with E-state index < -0.39 is 0 Å². The molecule has 2 aromatic carbocycles. The number of amides is 2. The number of hydrogen-bond acceptors (Lipinski definition) is 3. The Bertz CT molecular complexity index is 1160. The number of fused-ring (bicyclic) bond motifs is 1. The largest absolute Gasteiger partial charge is 0.339 e. The summed E-state index contributed by atoms with van der Waals surface area (Å²) in [6.45, 7) is 8.72. The van der Waals surface area contributed by atoms with Crippen molar-refractivity contribution < 1.29 is 9.59 Å². The number of carbonyl (C=O) groups excluding carboxylic acids is 2. The van der Waals surface area contributed by atoms with Gasteiger partial charge in [-0.1, -0.05) is 30.3 Å². The Balaban J connectivity index is 1.99. The lowest BCUT2D eigenvalue weighted by atomic mass is 10.1. The Morgan fingerprint density at radius 2 is 1.70 bits per heavy atom. The highest BCUT2D eigenvalue weighted by atomic mass is 16.2. The average molecular weight is 405 g/mol. The van der Waals surface area contributed by atoms with Gasteiger partial charge in [-0.05, 0) is 51.0 Å². The molecule has 0 spiro atoms. The zero-order valence-corrected chi connectivity index (χ0v) is 17.9. The molecule has 0 fully saturated rings. The fraction of sp³-hybridized carbons (Fsp3) is 0.292. The number of pyridine rings is 1. The number of nitrogens with one attached hydrogen (secondary N) is 1. The van der Waals surface area contributed by atoms with Crippen LogP contribution in [0.4, 0.5) is 5.69 Å². The first-order valence-electron chi connectivity index (χ1n) is 10.1. The van der Waals surface area contributed by atoms with Crippen molar-refractivity contribution in [3.63, 3.8) is 0 Å². The zero-order chi connectivity index (χ0) is 21.8. The Labute approximate surface area is 176 Å². The topological polar surface area (TPSA) is 71.4 Å². The van der Waals surface area contributed by atoms with Crippen LogP contribution in [0.1, 0.15) is 35.3 Å². The number of rotatable bonds is 6. The van der Waals surface area contributed by atoms with Crippen molar-refractivity contribution in [2.75, 3.05) is 18.4 Å². The third-order valence-corrected chi connectivity index (χ3v) is 5.48. The van der Waals surface area contributed by atoms with Gasteiger partial charge in [-0.2, -0.15) is 0 Å². The first kappa shape index (κ1) is 21.3. The molecule has 2 amide bonds. The van der Waals surface area contributed by atoms with E-state index in [9.17, 15) is 14.4 Å². The van der Waals surface area contributed by atoms with E-state index in [0.717, 1.165) is 16.8 Å². The van der Waals surface area contributed by atoms with Gasteiger partial charge in [0.25, 0.3) is 11.5 Å². The molecular weight excluding hydrogens is 378 g/mol. The van der Waals surface area contributed by atoms with Crippen molar-refractivity contribution in [1.29, 1.82) is 0 Å². The van der Waals surface area contributed by atoms with Crippen LogP contribution in [0.3, 0.4) is 0 Å². The lowest BCUT2D eigenvalue weighted by Crippen LogP contribution is -2.33. The van der Waals surface area contributed by atoms with Gasteiger partial charge in [0, 0.05) is 30.2 Å². The summed E-state index contributed by atoms with van der Waals surface area (Å²) < 4.78 is 1.41. The maximum absolute atomic E-state index is 12.9. The fourth-order valence-corrected chi connectivity index (χ4v) is 3.58. The number of aryl methyl sites for hydroxylation is 1. The Morgan fingerprint density at radius 3 is 2.40 bits per heavy atom. The monoisotopic (exact) mass is 405 g/mol. The van der Waals surface area contributed by atoms with Crippen LogP contribution >= 0.6 is 0 Å². The molecule has 0 radical (unpaired) electrons. The highest BCUT2D eigenvalue weighted by molar-refractivity contribution is 6.06. The van der Waals surface area contributed by atoms with Crippen LogP contribution in [0, 0.1) is 13.8 Å². The van der Waals surface area contributed by atoms with Crippen molar-refractivity contribution in [3.8, 4) is 0 Å². The molecule has 30 heavy (non-hydrogen) atoms. The number of aromatic nitrogens is 1. The van der Waals surface area contributed by atoms with Crippen molar-refractivity contribution in [1.82, 2.24) is 9.47 Å². The van der Waals surface area contributed by atoms with Gasteiger partial charge in [0.15, 0.2) is 0 Å². The summed E-state index contributed by atoms with van der Waals surface area (Å²) in [6, 6.07) is 14.2. The van der Waals surface area contributed by atoms with Crippen LogP contribution in [-0.2, 0) is 11.3 Å². The number of benzene rings is 2. The van der Waals surface area contributed by atoms with Crippen LogP contribution < -0.4 is 10.9 Å². The third-order valence-electron chi connectivity index (χ3n) is 5.48. The summed E-state index contributed by atoms with van der Waals surface area (Å²) in [5.41, 5.74) is 3.35. The molecule has 6 nitrogen and oxygen atoms in total. The van der Waals surface area contributed by atoms with E-state index in [4.69, 9.17) is 0 Å². The SMILES string of the molecule is CCN(CC)C(=O)c1cc(=O)n(CC(=O)Nc2cccc(C)c2C)c2ccccc12. The highest BCUT2D eigenvalue weighted by Crippen LogP contribution is 2.20. The van der Waals surface area contributed by atoms with Gasteiger partial charge >= 0.3 is 0 Å². The molecule has 3 aromatic rings. The third kappa shape index (κ3) is 4.13. The Kier molecular flexibility index (Phi) is 6.35. The van der Waals surface area contributed by atoms with Gasteiger partial charge in [0.1, 0.15) is 6.54 Å². The molecule has 0 bridgehead atoms. The number of hydrogen-bond donors (Lipinski definition) is 1. The molecule has 6 heteroatoms. The Hall–Kier alpha value is -3.41. The molecule has 0 saturated heterocycles. The van der Waals surface area contributed by atoms with Crippen LogP contribution in [0.2, 0.25) is 0 Å². The summed E-state index contributed by atoms with van der Waals surface area (Å²) in [6.07, 6.45) is 0. The van der Waals surface area contributed by atoms with Crippen LogP contribution in [0.5, 0.6) is 0 Å². The van der Waals surface area contributed by atoms with Crippen LogP contribution in [-0.4, -0.2) is 34.4 Å². The van der Waals surface area contributed by atoms with E-state index >= 15 is 0 Å². The second-order valence-corrected chi connectivity index (χ2v) is 7.27. The molecule has 0 atom stereocenters. The molecule has 0 aliphatic heterocycles. The minimum atomic E-state index is -0.375. The first-order valence-corrected chi connectivity index (χ1v) is 10.1. The molecule has 1 heterocycles. The quantitative estimate of drug-likeness (QED) is 0.679. The van der Waals surface area contributed by atoms with Gasteiger partial charge < -0.3 is 10.2 Å². The summed E-state index contributed by atoms with van der Waals surface area (Å²) in [7, 11) is 0. The van der Waals surface area contributed by atoms with Crippen molar-refractivity contribution in [3.05, 3.63) is 75.6 Å². The van der Waals surface area contributed by atoms with E-state index in [1.807, 2.05) is 58.0 Å². The van der Waals surface area contributed by atoms with Gasteiger partial charge in [-0.3, -0.25) is 19.0 Å². The van der Waals surface area contributed by atoms with E-state index in [2.05, 4.69) is 5.32 Å². The van der Waals surface area contributed by atoms with Gasteiger partial charge in [-0.25, -0.2) is 0 Å². The lowest BCUT2D eigenvalue weighted by Gasteiger charge is -2.20. The fourth-order valence-electron chi connectivity index (χ4n) is 3.58. The van der Waals surface area contributed by atoms with E-state index in [1.54, 1.807) is 17.0 Å². The maximum atomic E-state index is 12.9. The molecule has 0 saturated carbocycles. The lowest BCUT2D eigenvalue weighted by molar-refractivity contribution is -0.116. The van der Waals surface area contributed by atoms with E-state index in [0.29, 0.717) is 29.6 Å². The van der Waals surface area contributed by atoms with E-state index in [1.165, 1.54) is 10.6 Å². The molecule has 1 N–H and O–H groups in total. The summed E-state index contributed by atoms with van der Waals surface area (Å²) in [4.78, 5) is 40.2. The van der Waals surface area contributed by atoms with E-state index in [-0.39, 0.29) is 23.9 Å². The standard InChI is InChI=1S/C24H27N3O3/c1-5-26(6-2)24(30)19-14-23(29)27(21-13-8-7-11-18(19)21)15-22(28)25-20-12-9-10-16(3)17(20)4/h7-14H,5-6,15H2,1-4H3,(H,25,28). The molecule has 0 aliphatic carbocycles. The smallest absolute Gasteiger partial charge is 0.254 e. The van der Waals surface area contributed by atoms with Gasteiger partial charge in [0.05, 0.1) is 11.1 Å². The minimum absolute atomic E-state index is 0.132. The van der Waals surface area contributed by atoms with Gasteiger partial charge in [0.2, 0.25) is 5.91 Å². The highest BCUT2D eigenvalue weighted by Gasteiger charge is 2.19. The van der Waals surface area contributed by atoms with Crippen molar-refractivity contribution in [2.24, 2.45) is 0 Å². The molecule has 0 aliphatic rings. The first-order chi connectivity index (χ1) is 14.4. The summed E-state index contributed by atoms with van der Waals surface area (Å²) in [5.74, 6) is -0.473. The van der Waals surface area contributed by atoms with Crippen molar-refractivity contribution in [2.45, 2.75) is 34.2 Å². The molecule has 156 valence electrons. The molecule has 0 unspecified atom stereocenters. The number of carbonyl (C=O) groups is 2. The predicted octanol–water partition coefficient (Wildman–Crippen LogP) is 3.74. The van der Waals surface area contributed by atoms with Crippen molar-refractivity contribution >= 4 is 28.4 Å². The maximum Gasteiger partial charge on any atom is 0.254 e. The second kappa shape index (κ2) is 8.95. The number of nitrogens with zero attached hydrogens (tertiary/aromatic N) is 2. The van der Waals surface area contributed by atoms with Crippen LogP contribution in [0.15, 0.2) is 53.3 Å². The predicted molar refractivity (Wildman–Crippen MR) is 120 cm³/mol. The average Bonchev–Trinajstić information content (AvgIpc) is 2.74. The Morgan fingerprint density at radius 1 is 1.00 bits per heavy atom. The number of para-hydroxylation sites is 1. The second-order valence-electron chi connectivity index (χ2n) is 7.27. The molecule has 1 aromatic heterocycles. The normalized spacial score (nSPS) is 10.8.